The Kier molecular flexibility index (Phi) is 3.90. The minimum absolute atomic E-state index is 0.0152. The van der Waals surface area contributed by atoms with Crippen molar-refractivity contribution in [3.8, 4) is 0 Å². The highest BCUT2D eigenvalue weighted by molar-refractivity contribution is 5.42. The first-order valence-corrected chi connectivity index (χ1v) is 8.86. The van der Waals surface area contributed by atoms with E-state index in [9.17, 15) is 0 Å². The molecule has 0 N–H and O–H groups in total. The molecule has 1 aliphatic heterocycles. The Morgan fingerprint density at radius 2 is 1.71 bits per heavy atom. The highest BCUT2D eigenvalue weighted by Crippen LogP contribution is 2.50. The molecule has 24 heavy (non-hydrogen) atoms. The first-order valence-electron chi connectivity index (χ1n) is 8.86. The van der Waals surface area contributed by atoms with Crippen LogP contribution in [-0.2, 0) is 11.2 Å². The highest BCUT2D eigenvalue weighted by atomic mass is 16.5. The quantitative estimate of drug-likeness (QED) is 0.683. The average Bonchev–Trinajstić information content (AvgIpc) is 2.61. The lowest BCUT2D eigenvalue weighted by atomic mass is 9.66. The predicted octanol–water partition coefficient (Wildman–Crippen LogP) is 4.88. The molecule has 0 bridgehead atoms. The molecule has 2 aromatic rings. The molecule has 2 aliphatic rings. The Morgan fingerprint density at radius 1 is 1.00 bits per heavy atom. The SMILES string of the molecule is [C-]#[N+]C1C(C)OC2CCc3ccccc3C2C1c1ccccc1C. The van der Waals surface area contributed by atoms with Gasteiger partial charge in [0, 0.05) is 5.92 Å². The predicted molar refractivity (Wildman–Crippen MR) is 96.1 cm³/mol. The normalized spacial score (nSPS) is 31.6. The van der Waals surface area contributed by atoms with E-state index in [4.69, 9.17) is 11.3 Å². The molecule has 4 rings (SSSR count). The molecule has 0 amide bonds. The maximum atomic E-state index is 7.81. The van der Waals surface area contributed by atoms with Crippen LogP contribution in [0.4, 0.5) is 0 Å². The molecule has 2 heteroatoms. The second-order valence-corrected chi connectivity index (χ2v) is 7.14. The molecule has 1 aliphatic carbocycles. The number of benzene rings is 2. The molecule has 5 unspecified atom stereocenters. The minimum Gasteiger partial charge on any atom is -0.366 e. The van der Waals surface area contributed by atoms with Gasteiger partial charge in [0.1, 0.15) is 6.10 Å². The molecule has 1 heterocycles. The summed E-state index contributed by atoms with van der Waals surface area (Å²) in [6.45, 7) is 12.1. The number of nitrogens with zero attached hydrogens (tertiary/aromatic N) is 1. The summed E-state index contributed by atoms with van der Waals surface area (Å²) >= 11 is 0. The van der Waals surface area contributed by atoms with Crippen LogP contribution in [0.5, 0.6) is 0 Å². The van der Waals surface area contributed by atoms with Crippen molar-refractivity contribution in [3.63, 3.8) is 0 Å². The first kappa shape index (κ1) is 15.4. The monoisotopic (exact) mass is 317 g/mol. The van der Waals surface area contributed by atoms with E-state index in [-0.39, 0.29) is 30.1 Å². The molecule has 0 radical (unpaired) electrons. The van der Waals surface area contributed by atoms with Gasteiger partial charge in [-0.05, 0) is 48.9 Å². The Morgan fingerprint density at radius 3 is 2.46 bits per heavy atom. The van der Waals surface area contributed by atoms with Crippen molar-refractivity contribution in [2.75, 3.05) is 0 Å². The van der Waals surface area contributed by atoms with Crippen LogP contribution in [0.15, 0.2) is 48.5 Å². The number of hydrogen-bond donors (Lipinski definition) is 0. The largest absolute Gasteiger partial charge is 0.366 e. The van der Waals surface area contributed by atoms with Crippen molar-refractivity contribution >= 4 is 0 Å². The third-order valence-corrected chi connectivity index (χ3v) is 5.83. The van der Waals surface area contributed by atoms with E-state index in [1.54, 1.807) is 0 Å². The molecule has 2 nitrogen and oxygen atoms in total. The van der Waals surface area contributed by atoms with Crippen molar-refractivity contribution in [1.29, 1.82) is 0 Å². The van der Waals surface area contributed by atoms with Crippen molar-refractivity contribution in [2.24, 2.45) is 0 Å². The van der Waals surface area contributed by atoms with Crippen molar-refractivity contribution in [3.05, 3.63) is 82.2 Å². The van der Waals surface area contributed by atoms with Gasteiger partial charge in [-0.3, -0.25) is 0 Å². The zero-order chi connectivity index (χ0) is 16.7. The van der Waals surface area contributed by atoms with Gasteiger partial charge in [-0.2, -0.15) is 0 Å². The molecule has 1 fully saturated rings. The average molecular weight is 317 g/mol. The van der Waals surface area contributed by atoms with E-state index in [0.29, 0.717) is 0 Å². The Bertz CT molecular complexity index is 791. The fourth-order valence-electron chi connectivity index (χ4n) is 4.73. The van der Waals surface area contributed by atoms with E-state index in [0.717, 1.165) is 12.8 Å². The van der Waals surface area contributed by atoms with Gasteiger partial charge >= 0.3 is 0 Å². The molecular weight excluding hydrogens is 294 g/mol. The molecule has 2 aromatic carbocycles. The lowest BCUT2D eigenvalue weighted by molar-refractivity contribution is -0.0734. The van der Waals surface area contributed by atoms with Crippen molar-refractivity contribution in [1.82, 2.24) is 0 Å². The molecule has 0 saturated carbocycles. The van der Waals surface area contributed by atoms with Gasteiger partial charge in [0.25, 0.3) is 6.04 Å². The van der Waals surface area contributed by atoms with E-state index in [2.05, 4.69) is 67.2 Å². The summed E-state index contributed by atoms with van der Waals surface area (Å²) < 4.78 is 6.33. The fourth-order valence-corrected chi connectivity index (χ4v) is 4.73. The third-order valence-electron chi connectivity index (χ3n) is 5.83. The van der Waals surface area contributed by atoms with E-state index >= 15 is 0 Å². The fraction of sp³-hybridized carbons (Fsp3) is 0.409. The molecule has 1 saturated heterocycles. The molecule has 5 atom stereocenters. The number of fused-ring (bicyclic) bond motifs is 3. The first-order chi connectivity index (χ1) is 11.7. The van der Waals surface area contributed by atoms with Crippen LogP contribution >= 0.6 is 0 Å². The summed E-state index contributed by atoms with van der Waals surface area (Å²) in [4.78, 5) is 4.02. The van der Waals surface area contributed by atoms with Gasteiger partial charge < -0.3 is 9.58 Å². The van der Waals surface area contributed by atoms with Gasteiger partial charge in [0.05, 0.1) is 12.0 Å². The molecule has 122 valence electrons. The van der Waals surface area contributed by atoms with Crippen molar-refractivity contribution < 1.29 is 4.74 Å². The zero-order valence-electron chi connectivity index (χ0n) is 14.3. The van der Waals surface area contributed by atoms with Crippen LogP contribution in [0, 0.1) is 13.5 Å². The number of hydrogen-bond acceptors (Lipinski definition) is 1. The standard InChI is InChI=1S/C22H23NO/c1-14-8-4-6-10-17(14)21-20-18-11-7-5-9-16(18)12-13-19(20)24-15(2)22(21)23-3/h4-11,15,19-22H,12-13H2,1-2H3. The lowest BCUT2D eigenvalue weighted by Crippen LogP contribution is -2.48. The van der Waals surface area contributed by atoms with Gasteiger partial charge in [-0.15, -0.1) is 0 Å². The Balaban J connectivity index is 1.89. The summed E-state index contributed by atoms with van der Waals surface area (Å²) in [6, 6.07) is 17.2. The van der Waals surface area contributed by atoms with Gasteiger partial charge in [-0.25, -0.2) is 6.57 Å². The highest BCUT2D eigenvalue weighted by Gasteiger charge is 2.51. The summed E-state index contributed by atoms with van der Waals surface area (Å²) in [6.07, 6.45) is 2.34. The van der Waals surface area contributed by atoms with Crippen LogP contribution in [0.3, 0.4) is 0 Å². The maximum absolute atomic E-state index is 7.81. The number of aryl methyl sites for hydroxylation is 2. The number of ether oxygens (including phenoxy) is 1. The molecule has 0 aromatic heterocycles. The number of rotatable bonds is 1. The summed E-state index contributed by atoms with van der Waals surface area (Å²) in [5.74, 6) is 0.491. The topological polar surface area (TPSA) is 13.6 Å². The second-order valence-electron chi connectivity index (χ2n) is 7.14. The summed E-state index contributed by atoms with van der Waals surface area (Å²) in [5.41, 5.74) is 5.43. The van der Waals surface area contributed by atoms with Crippen LogP contribution in [-0.4, -0.2) is 18.2 Å². The zero-order valence-corrected chi connectivity index (χ0v) is 14.3. The summed E-state index contributed by atoms with van der Waals surface area (Å²) in [5, 5.41) is 0. The Hall–Kier alpha value is -2.11. The van der Waals surface area contributed by atoms with E-state index in [1.165, 1.54) is 22.3 Å². The molecule has 0 spiro atoms. The molecular formula is C22H23NO. The van der Waals surface area contributed by atoms with Crippen LogP contribution in [0.2, 0.25) is 0 Å². The lowest BCUT2D eigenvalue weighted by Gasteiger charge is -2.45. The van der Waals surface area contributed by atoms with Gasteiger partial charge in [-0.1, -0.05) is 48.5 Å². The van der Waals surface area contributed by atoms with Crippen LogP contribution < -0.4 is 0 Å². The smallest absolute Gasteiger partial charge is 0.256 e. The van der Waals surface area contributed by atoms with Crippen LogP contribution in [0.1, 0.15) is 47.4 Å². The third kappa shape index (κ3) is 2.36. The Labute approximate surface area is 144 Å². The van der Waals surface area contributed by atoms with Gasteiger partial charge in [0.2, 0.25) is 0 Å². The van der Waals surface area contributed by atoms with E-state index in [1.807, 2.05) is 0 Å². The van der Waals surface area contributed by atoms with E-state index < -0.39 is 0 Å². The van der Waals surface area contributed by atoms with Gasteiger partial charge in [0.15, 0.2) is 0 Å². The minimum atomic E-state index is -0.126. The van der Waals surface area contributed by atoms with Crippen molar-refractivity contribution in [2.45, 2.75) is 56.8 Å². The second kappa shape index (κ2) is 6.07. The summed E-state index contributed by atoms with van der Waals surface area (Å²) in [7, 11) is 0. The van der Waals surface area contributed by atoms with Crippen LogP contribution in [0.25, 0.3) is 4.85 Å². The maximum Gasteiger partial charge on any atom is 0.256 e.